The molecule has 216 valence electrons. The zero-order valence-electron chi connectivity index (χ0n) is 24.3. The minimum atomic E-state index is -1.12. The summed E-state index contributed by atoms with van der Waals surface area (Å²) < 4.78 is 2.14. The van der Waals surface area contributed by atoms with Gasteiger partial charge in [0.2, 0.25) is 0 Å². The Bertz CT molecular complexity index is 1340. The number of nitrogens with two attached hydrogens (primary N) is 2. The Morgan fingerprint density at radius 2 is 1.93 bits per heavy atom. The molecule has 0 aliphatic carbocycles. The second-order valence-electron chi connectivity index (χ2n) is 11.7. The monoisotopic (exact) mass is 566 g/mol. The molecule has 4 rings (SSSR count). The maximum absolute atomic E-state index is 12.6. The molecular weight excluding hydrogens is 524 g/mol. The third-order valence-electron chi connectivity index (χ3n) is 8.69. The predicted octanol–water partition coefficient (Wildman–Crippen LogP) is 5.65. The van der Waals surface area contributed by atoms with Crippen LogP contribution in [-0.4, -0.2) is 45.7 Å². The van der Waals surface area contributed by atoms with E-state index in [0.717, 1.165) is 53.6 Å². The minimum Gasteiger partial charge on any atom is -0.481 e. The number of benzene rings is 2. The van der Waals surface area contributed by atoms with Crippen molar-refractivity contribution in [2.75, 3.05) is 30.9 Å². The first-order valence-corrected chi connectivity index (χ1v) is 14.4. The van der Waals surface area contributed by atoms with Crippen LogP contribution >= 0.6 is 11.6 Å². The molecule has 2 aromatic carbocycles. The number of aliphatic carboxylic acids is 1. The van der Waals surface area contributed by atoms with Crippen LogP contribution in [0.25, 0.3) is 0 Å². The van der Waals surface area contributed by atoms with Crippen LogP contribution in [0.15, 0.2) is 42.7 Å². The average Bonchev–Trinajstić information content (AvgIpc) is 3.34. The van der Waals surface area contributed by atoms with Crippen LogP contribution in [0.5, 0.6) is 0 Å². The van der Waals surface area contributed by atoms with Gasteiger partial charge in [0.15, 0.2) is 0 Å². The van der Waals surface area contributed by atoms with Crippen molar-refractivity contribution in [2.45, 2.75) is 66.0 Å². The molecule has 1 aromatic heterocycles. The number of carboxylic acids is 1. The van der Waals surface area contributed by atoms with E-state index in [2.05, 4.69) is 21.4 Å². The van der Waals surface area contributed by atoms with Gasteiger partial charge < -0.3 is 20.4 Å². The molecule has 0 amide bonds. The first-order valence-electron chi connectivity index (χ1n) is 14.0. The average molecular weight is 567 g/mol. The van der Waals surface area contributed by atoms with Gasteiger partial charge in [0.05, 0.1) is 29.9 Å². The molecule has 9 heteroatoms. The second kappa shape index (κ2) is 12.2. The highest BCUT2D eigenvalue weighted by atomic mass is 35.5. The second-order valence-corrected chi connectivity index (χ2v) is 12.1. The molecule has 40 heavy (non-hydrogen) atoms. The summed E-state index contributed by atoms with van der Waals surface area (Å²) in [5.74, 6) is 6.44. The molecule has 0 saturated carbocycles. The number of anilines is 2. The van der Waals surface area contributed by atoms with E-state index >= 15 is 0 Å². The summed E-state index contributed by atoms with van der Waals surface area (Å²) in [5.41, 5.74) is 10.0. The summed E-state index contributed by atoms with van der Waals surface area (Å²) in [5, 5.41) is 12.4. The largest absolute Gasteiger partial charge is 0.481 e. The van der Waals surface area contributed by atoms with E-state index in [1.807, 2.05) is 49.6 Å². The van der Waals surface area contributed by atoms with E-state index in [9.17, 15) is 9.90 Å². The van der Waals surface area contributed by atoms with Crippen LogP contribution in [0.1, 0.15) is 74.0 Å². The molecule has 0 spiro atoms. The lowest BCUT2D eigenvalue weighted by atomic mass is 9.70. The number of nitrogen functional groups attached to an aromatic ring is 1. The molecular formula is C31H43ClN6O2. The normalized spacial score (nSPS) is 15.8. The zero-order valence-corrected chi connectivity index (χ0v) is 25.1. The molecule has 1 aliphatic rings. The molecule has 1 aliphatic heterocycles. The molecule has 5 N–H and O–H groups in total. The van der Waals surface area contributed by atoms with Gasteiger partial charge in [0, 0.05) is 30.4 Å². The number of hydrogen-bond donors (Lipinski definition) is 3. The number of halogens is 1. The van der Waals surface area contributed by atoms with E-state index in [4.69, 9.17) is 23.2 Å². The van der Waals surface area contributed by atoms with Crippen molar-refractivity contribution in [3.63, 3.8) is 0 Å². The maximum atomic E-state index is 12.6. The van der Waals surface area contributed by atoms with Gasteiger partial charge in [0.1, 0.15) is 5.82 Å². The zero-order chi connectivity index (χ0) is 29.2. The first-order chi connectivity index (χ1) is 18.9. The fraction of sp³-hybridized carbons (Fsp3) is 0.484. The van der Waals surface area contributed by atoms with E-state index < -0.39 is 17.3 Å². The molecule has 1 unspecified atom stereocenters. The van der Waals surface area contributed by atoms with Crippen molar-refractivity contribution in [1.29, 1.82) is 0 Å². The van der Waals surface area contributed by atoms with Crippen molar-refractivity contribution in [3.8, 4) is 0 Å². The number of carbonyl (C=O) groups is 1. The van der Waals surface area contributed by atoms with Crippen LogP contribution < -0.4 is 16.6 Å². The molecule has 0 bridgehead atoms. The van der Waals surface area contributed by atoms with Crippen LogP contribution in [0.2, 0.25) is 5.02 Å². The third kappa shape index (κ3) is 6.14. The van der Waals surface area contributed by atoms with Crippen LogP contribution in [-0.2, 0) is 17.9 Å². The quantitative estimate of drug-likeness (QED) is 0.165. The Morgan fingerprint density at radius 1 is 1.23 bits per heavy atom. The van der Waals surface area contributed by atoms with Crippen molar-refractivity contribution in [2.24, 2.45) is 17.2 Å². The fourth-order valence-electron chi connectivity index (χ4n) is 5.93. The summed E-state index contributed by atoms with van der Waals surface area (Å²) in [6, 6.07) is 9.60. The summed E-state index contributed by atoms with van der Waals surface area (Å²) in [4.78, 5) is 19.7. The van der Waals surface area contributed by atoms with Gasteiger partial charge in [-0.05, 0) is 87.0 Å². The van der Waals surface area contributed by atoms with Crippen molar-refractivity contribution in [1.82, 2.24) is 14.5 Å². The number of hydrogen-bond acceptors (Lipinski definition) is 6. The Morgan fingerprint density at radius 3 is 2.55 bits per heavy atom. The van der Waals surface area contributed by atoms with Gasteiger partial charge in [-0.3, -0.25) is 9.69 Å². The van der Waals surface area contributed by atoms with Crippen LogP contribution in [0, 0.1) is 18.3 Å². The van der Waals surface area contributed by atoms with Gasteiger partial charge >= 0.3 is 5.97 Å². The Labute approximate surface area is 242 Å². The number of carboxylic acid groups (broad SMARTS) is 1. The SMILES string of the molecule is CCC1CCN(Cc2nccn2Cc2cc(C(c3ccc(N(C)N)c(N)c3C)C(C)(C)C(=O)O)ccc2Cl)CC1. The smallest absolute Gasteiger partial charge is 0.310 e. The van der Waals surface area contributed by atoms with Gasteiger partial charge in [-0.1, -0.05) is 43.1 Å². The van der Waals surface area contributed by atoms with Crippen molar-refractivity contribution in [3.05, 3.63) is 75.8 Å². The van der Waals surface area contributed by atoms with Gasteiger partial charge in [-0.25, -0.2) is 10.8 Å². The first kappa shape index (κ1) is 29.9. The highest BCUT2D eigenvalue weighted by molar-refractivity contribution is 6.31. The number of piperidine rings is 1. The summed E-state index contributed by atoms with van der Waals surface area (Å²) in [6.45, 7) is 11.2. The number of imidazole rings is 1. The lowest BCUT2D eigenvalue weighted by Crippen LogP contribution is -2.34. The lowest BCUT2D eigenvalue weighted by molar-refractivity contribution is -0.147. The molecule has 2 heterocycles. The molecule has 8 nitrogen and oxygen atoms in total. The van der Waals surface area contributed by atoms with Crippen LogP contribution in [0.4, 0.5) is 11.4 Å². The van der Waals surface area contributed by atoms with Crippen molar-refractivity contribution < 1.29 is 9.90 Å². The standard InChI is InChI=1S/C31H43ClN6O2/c1-6-21-11-14-37(15-12-21)19-27-35-13-16-38(27)18-23-17-22(7-9-25(23)32)28(31(3,4)30(39)40)24-8-10-26(36(5)34)29(33)20(24)2/h7-10,13,16-17,21,28H,6,11-12,14-15,18-19,33-34H2,1-5H3,(H,39,40). The molecule has 0 radical (unpaired) electrons. The van der Waals surface area contributed by atoms with E-state index in [1.165, 1.54) is 24.3 Å². The van der Waals surface area contributed by atoms with Gasteiger partial charge in [0.25, 0.3) is 0 Å². The number of likely N-dealkylation sites (tertiary alicyclic amines) is 1. The number of hydrazine groups is 1. The Hall–Kier alpha value is -3.07. The summed E-state index contributed by atoms with van der Waals surface area (Å²) >= 11 is 6.73. The number of nitrogens with zero attached hydrogens (tertiary/aromatic N) is 4. The summed E-state index contributed by atoms with van der Waals surface area (Å²) in [7, 11) is 1.73. The summed E-state index contributed by atoms with van der Waals surface area (Å²) in [6.07, 6.45) is 7.54. The van der Waals surface area contributed by atoms with E-state index in [1.54, 1.807) is 20.9 Å². The van der Waals surface area contributed by atoms with Crippen LogP contribution in [0.3, 0.4) is 0 Å². The molecule has 1 saturated heterocycles. The maximum Gasteiger partial charge on any atom is 0.310 e. The van der Waals surface area contributed by atoms with E-state index in [-0.39, 0.29) is 0 Å². The lowest BCUT2D eigenvalue weighted by Gasteiger charge is -2.34. The fourth-order valence-corrected chi connectivity index (χ4v) is 6.10. The highest BCUT2D eigenvalue weighted by Gasteiger charge is 2.40. The topological polar surface area (TPSA) is 114 Å². The molecule has 1 fully saturated rings. The molecule has 1 atom stereocenters. The Kier molecular flexibility index (Phi) is 9.12. The van der Waals surface area contributed by atoms with Gasteiger partial charge in [-0.2, -0.15) is 0 Å². The minimum absolute atomic E-state index is 0.470. The Balaban J connectivity index is 1.68. The van der Waals surface area contributed by atoms with Gasteiger partial charge in [-0.15, -0.1) is 0 Å². The number of aromatic nitrogens is 2. The highest BCUT2D eigenvalue weighted by Crippen LogP contribution is 2.45. The number of rotatable bonds is 10. The third-order valence-corrected chi connectivity index (χ3v) is 9.06. The molecule has 3 aromatic rings. The van der Waals surface area contributed by atoms with Crippen molar-refractivity contribution >= 4 is 28.9 Å². The predicted molar refractivity (Wildman–Crippen MR) is 163 cm³/mol. The van der Waals surface area contributed by atoms with E-state index in [0.29, 0.717) is 22.9 Å².